The van der Waals surface area contributed by atoms with E-state index >= 15 is 0 Å². The molecular weight excluding hydrogens is 422 g/mol. The molecule has 2 aromatic heterocycles. The minimum Gasteiger partial charge on any atom is -0.381 e. The minimum atomic E-state index is -0.0585. The largest absolute Gasteiger partial charge is 0.381 e. The molecular formula is C21H24ClN5O2S. The van der Waals surface area contributed by atoms with Crippen LogP contribution in [0.1, 0.15) is 19.3 Å². The van der Waals surface area contributed by atoms with Crippen LogP contribution in [0.25, 0.3) is 10.9 Å². The number of halogens is 1. The van der Waals surface area contributed by atoms with E-state index in [0.717, 1.165) is 67.3 Å². The van der Waals surface area contributed by atoms with Crippen molar-refractivity contribution in [3.05, 3.63) is 39.9 Å². The smallest absolute Gasteiger partial charge is 0.268 e. The van der Waals surface area contributed by atoms with Crippen LogP contribution in [-0.2, 0) is 18.8 Å². The third-order valence-corrected chi connectivity index (χ3v) is 7.91. The molecule has 0 saturated carbocycles. The van der Waals surface area contributed by atoms with Crippen molar-refractivity contribution in [2.24, 2.45) is 19.5 Å². The van der Waals surface area contributed by atoms with Gasteiger partial charge in [0, 0.05) is 50.3 Å². The van der Waals surface area contributed by atoms with Crippen molar-refractivity contribution in [1.82, 2.24) is 19.3 Å². The summed E-state index contributed by atoms with van der Waals surface area (Å²) < 4.78 is 9.02. The third kappa shape index (κ3) is 3.40. The zero-order valence-electron chi connectivity index (χ0n) is 17.1. The highest BCUT2D eigenvalue weighted by atomic mass is 35.5. The SMILES string of the molecule is Cn1cc2c(Cl)c(Sc3cnc(N4CCC5(CCOC5)CC4)n(C)c3=O)ccc2n1. The molecule has 2 fully saturated rings. The average Bonchev–Trinajstić information content (AvgIpc) is 3.35. The fourth-order valence-electron chi connectivity index (χ4n) is 4.46. The van der Waals surface area contributed by atoms with Gasteiger partial charge in [-0.2, -0.15) is 5.10 Å². The second-order valence-corrected chi connectivity index (χ2v) is 9.75. The number of anilines is 1. The van der Waals surface area contributed by atoms with Gasteiger partial charge in [-0.15, -0.1) is 0 Å². The molecule has 2 aliphatic rings. The van der Waals surface area contributed by atoms with Crippen LogP contribution < -0.4 is 10.5 Å². The van der Waals surface area contributed by atoms with Crippen molar-refractivity contribution < 1.29 is 4.74 Å². The molecule has 2 saturated heterocycles. The Hall–Kier alpha value is -2.03. The van der Waals surface area contributed by atoms with Gasteiger partial charge in [0.15, 0.2) is 0 Å². The molecule has 0 radical (unpaired) electrons. The van der Waals surface area contributed by atoms with Gasteiger partial charge in [-0.05, 0) is 36.8 Å². The van der Waals surface area contributed by atoms with E-state index in [1.165, 1.54) is 11.8 Å². The molecule has 158 valence electrons. The molecule has 3 aromatic rings. The highest BCUT2D eigenvalue weighted by Gasteiger charge is 2.38. The lowest BCUT2D eigenvalue weighted by Gasteiger charge is -2.39. The number of aryl methyl sites for hydroxylation is 1. The highest BCUT2D eigenvalue weighted by molar-refractivity contribution is 7.99. The summed E-state index contributed by atoms with van der Waals surface area (Å²) in [6.07, 6.45) is 6.87. The standard InChI is InChI=1S/C21H24ClN5O2S/c1-25-12-14-15(24-25)3-4-16(18(14)22)30-17-11-23-20(26(2)19(17)28)27-8-5-21(6-9-27)7-10-29-13-21/h3-4,11-12H,5-10,13H2,1-2H3. The molecule has 9 heteroatoms. The zero-order chi connectivity index (χ0) is 20.9. The number of benzene rings is 1. The number of fused-ring (bicyclic) bond motifs is 1. The first-order valence-corrected chi connectivity index (χ1v) is 11.3. The molecule has 2 aliphatic heterocycles. The van der Waals surface area contributed by atoms with Crippen LogP contribution in [0, 0.1) is 5.41 Å². The molecule has 0 amide bonds. The molecule has 0 aliphatic carbocycles. The Labute approximate surface area is 184 Å². The van der Waals surface area contributed by atoms with Gasteiger partial charge in [0.05, 0.1) is 28.2 Å². The van der Waals surface area contributed by atoms with E-state index in [-0.39, 0.29) is 5.56 Å². The summed E-state index contributed by atoms with van der Waals surface area (Å²) in [7, 11) is 3.66. The lowest BCUT2D eigenvalue weighted by Crippen LogP contribution is -2.43. The Morgan fingerprint density at radius 1 is 1.17 bits per heavy atom. The first-order chi connectivity index (χ1) is 14.5. The fraction of sp³-hybridized carbons (Fsp3) is 0.476. The first-order valence-electron chi connectivity index (χ1n) is 10.1. The predicted octanol–water partition coefficient (Wildman–Crippen LogP) is 3.48. The summed E-state index contributed by atoms with van der Waals surface area (Å²) in [4.78, 5) is 21.3. The van der Waals surface area contributed by atoms with Gasteiger partial charge in [-0.3, -0.25) is 14.0 Å². The molecule has 4 heterocycles. The van der Waals surface area contributed by atoms with Gasteiger partial charge in [-0.25, -0.2) is 4.98 Å². The molecule has 30 heavy (non-hydrogen) atoms. The van der Waals surface area contributed by atoms with Gasteiger partial charge in [0.25, 0.3) is 5.56 Å². The lowest BCUT2D eigenvalue weighted by molar-refractivity contribution is 0.133. The molecule has 7 nitrogen and oxygen atoms in total. The highest BCUT2D eigenvalue weighted by Crippen LogP contribution is 2.40. The van der Waals surface area contributed by atoms with E-state index in [9.17, 15) is 4.79 Å². The van der Waals surface area contributed by atoms with Crippen molar-refractivity contribution in [3.8, 4) is 0 Å². The molecule has 1 aromatic carbocycles. The Balaban J connectivity index is 1.39. The van der Waals surface area contributed by atoms with Crippen LogP contribution in [0.5, 0.6) is 0 Å². The van der Waals surface area contributed by atoms with Crippen molar-refractivity contribution >= 4 is 40.2 Å². The Morgan fingerprint density at radius 3 is 2.70 bits per heavy atom. The number of nitrogens with zero attached hydrogens (tertiary/aromatic N) is 5. The summed E-state index contributed by atoms with van der Waals surface area (Å²) in [5.74, 6) is 0.729. The molecule has 0 unspecified atom stereocenters. The summed E-state index contributed by atoms with van der Waals surface area (Å²) in [6.45, 7) is 3.54. The maximum Gasteiger partial charge on any atom is 0.268 e. The second-order valence-electron chi connectivity index (χ2n) is 8.29. The maximum absolute atomic E-state index is 13.1. The molecule has 0 atom stereocenters. The number of ether oxygens (including phenoxy) is 1. The quantitative estimate of drug-likeness (QED) is 0.615. The number of piperidine rings is 1. The maximum atomic E-state index is 13.1. The topological polar surface area (TPSA) is 65.2 Å². The Kier molecular flexibility index (Phi) is 5.03. The fourth-order valence-corrected chi connectivity index (χ4v) is 5.69. The van der Waals surface area contributed by atoms with Crippen molar-refractivity contribution in [1.29, 1.82) is 0 Å². The third-order valence-electron chi connectivity index (χ3n) is 6.33. The van der Waals surface area contributed by atoms with E-state index in [4.69, 9.17) is 16.3 Å². The number of hydrogen-bond donors (Lipinski definition) is 0. The van der Waals surface area contributed by atoms with Crippen LogP contribution in [0.2, 0.25) is 5.02 Å². The van der Waals surface area contributed by atoms with Crippen LogP contribution in [-0.4, -0.2) is 45.6 Å². The van der Waals surface area contributed by atoms with Gasteiger partial charge in [0.2, 0.25) is 5.95 Å². The van der Waals surface area contributed by atoms with Crippen LogP contribution in [0.3, 0.4) is 0 Å². The summed E-state index contributed by atoms with van der Waals surface area (Å²) in [5.41, 5.74) is 1.10. The van der Waals surface area contributed by atoms with Crippen LogP contribution in [0.4, 0.5) is 5.95 Å². The van der Waals surface area contributed by atoms with E-state index in [2.05, 4.69) is 15.0 Å². The van der Waals surface area contributed by atoms with Gasteiger partial charge in [0.1, 0.15) is 0 Å². The summed E-state index contributed by atoms with van der Waals surface area (Å²) in [5, 5.41) is 5.86. The van der Waals surface area contributed by atoms with Gasteiger partial charge in [-0.1, -0.05) is 23.4 Å². The van der Waals surface area contributed by atoms with Crippen LogP contribution >= 0.6 is 23.4 Å². The van der Waals surface area contributed by atoms with Gasteiger partial charge < -0.3 is 9.64 Å². The molecule has 5 rings (SSSR count). The van der Waals surface area contributed by atoms with E-state index in [1.807, 2.05) is 25.4 Å². The monoisotopic (exact) mass is 445 g/mol. The normalized spacial score (nSPS) is 18.6. The molecule has 1 spiro atoms. The zero-order valence-corrected chi connectivity index (χ0v) is 18.7. The predicted molar refractivity (Wildman–Crippen MR) is 119 cm³/mol. The van der Waals surface area contributed by atoms with E-state index in [0.29, 0.717) is 15.3 Å². The van der Waals surface area contributed by atoms with Crippen LogP contribution in [0.15, 0.2) is 39.1 Å². The van der Waals surface area contributed by atoms with Crippen molar-refractivity contribution in [2.75, 3.05) is 31.2 Å². The molecule has 0 bridgehead atoms. The van der Waals surface area contributed by atoms with Crippen molar-refractivity contribution in [2.45, 2.75) is 29.1 Å². The number of aromatic nitrogens is 4. The molecule has 0 N–H and O–H groups in total. The summed E-state index contributed by atoms with van der Waals surface area (Å²) in [6, 6.07) is 3.83. The lowest BCUT2D eigenvalue weighted by atomic mass is 9.78. The minimum absolute atomic E-state index is 0.0585. The average molecular weight is 446 g/mol. The summed E-state index contributed by atoms with van der Waals surface area (Å²) >= 11 is 7.94. The second kappa shape index (κ2) is 7.59. The van der Waals surface area contributed by atoms with Gasteiger partial charge >= 0.3 is 0 Å². The van der Waals surface area contributed by atoms with E-state index < -0.39 is 0 Å². The number of hydrogen-bond acceptors (Lipinski definition) is 6. The van der Waals surface area contributed by atoms with Crippen molar-refractivity contribution in [3.63, 3.8) is 0 Å². The number of rotatable bonds is 3. The van der Waals surface area contributed by atoms with E-state index in [1.54, 1.807) is 22.5 Å². The Morgan fingerprint density at radius 2 is 1.97 bits per heavy atom. The Bertz CT molecular complexity index is 1160. The first kappa shape index (κ1) is 19.9.